The van der Waals surface area contributed by atoms with Crippen molar-refractivity contribution in [3.8, 4) is 0 Å². The minimum Gasteiger partial charge on any atom is -0.390 e. The summed E-state index contributed by atoms with van der Waals surface area (Å²) in [6, 6.07) is 0. The van der Waals surface area contributed by atoms with Crippen LogP contribution < -0.4 is 5.73 Å². The highest BCUT2D eigenvalue weighted by Gasteiger charge is 2.32. The number of rotatable bonds is 2. The summed E-state index contributed by atoms with van der Waals surface area (Å²) in [4.78, 5) is 14.5. The minimum atomic E-state index is -0.591. The lowest BCUT2D eigenvalue weighted by Gasteiger charge is -2.31. The summed E-state index contributed by atoms with van der Waals surface area (Å²) in [5.41, 5.74) is 5.10. The molecule has 0 spiro atoms. The first-order chi connectivity index (χ1) is 9.02. The zero-order valence-corrected chi connectivity index (χ0v) is 12.1. The van der Waals surface area contributed by atoms with Gasteiger partial charge in [-0.1, -0.05) is 0 Å². The Bertz CT molecular complexity index is 309. The zero-order valence-electron chi connectivity index (χ0n) is 12.1. The number of likely N-dealkylation sites (tertiary alicyclic amines) is 1. The molecule has 1 atom stereocenters. The number of carbonyl (C=O) groups is 1. The van der Waals surface area contributed by atoms with Gasteiger partial charge >= 0.3 is 0 Å². The molecule has 19 heavy (non-hydrogen) atoms. The maximum absolute atomic E-state index is 12.5. The molecule has 2 rings (SSSR count). The van der Waals surface area contributed by atoms with E-state index in [4.69, 9.17) is 5.73 Å². The van der Waals surface area contributed by atoms with Gasteiger partial charge in [-0.05, 0) is 64.3 Å². The Morgan fingerprint density at radius 3 is 2.58 bits per heavy atom. The molecule has 0 aromatic rings. The molecule has 2 aliphatic rings. The van der Waals surface area contributed by atoms with Gasteiger partial charge in [0.25, 0.3) is 0 Å². The third-order valence-corrected chi connectivity index (χ3v) is 4.90. The molecule has 4 heteroatoms. The molecule has 4 nitrogen and oxygen atoms in total. The van der Waals surface area contributed by atoms with Crippen molar-refractivity contribution in [3.05, 3.63) is 0 Å². The summed E-state index contributed by atoms with van der Waals surface area (Å²) in [6.07, 6.45) is 6.60. The maximum Gasteiger partial charge on any atom is 0.225 e. The smallest absolute Gasteiger partial charge is 0.225 e. The van der Waals surface area contributed by atoms with Crippen LogP contribution in [0.2, 0.25) is 0 Å². The summed E-state index contributed by atoms with van der Waals surface area (Å²) in [5, 5.41) is 10.1. The SMILES string of the molecule is CC1(O)CCCN(C(=O)C2CCC(CN)CC2)CC1. The van der Waals surface area contributed by atoms with Crippen LogP contribution in [0.25, 0.3) is 0 Å². The predicted molar refractivity (Wildman–Crippen MR) is 75.6 cm³/mol. The first kappa shape index (κ1) is 14.8. The molecular weight excluding hydrogens is 240 g/mol. The van der Waals surface area contributed by atoms with Crippen molar-refractivity contribution >= 4 is 5.91 Å². The predicted octanol–water partition coefficient (Wildman–Crippen LogP) is 1.52. The Labute approximate surface area is 116 Å². The van der Waals surface area contributed by atoms with E-state index in [-0.39, 0.29) is 5.92 Å². The van der Waals surface area contributed by atoms with Crippen LogP contribution in [0, 0.1) is 11.8 Å². The van der Waals surface area contributed by atoms with Gasteiger partial charge in [0, 0.05) is 19.0 Å². The lowest BCUT2D eigenvalue weighted by Crippen LogP contribution is -2.39. The zero-order chi connectivity index (χ0) is 13.9. The van der Waals surface area contributed by atoms with E-state index in [1.165, 1.54) is 0 Å². The van der Waals surface area contributed by atoms with Crippen LogP contribution in [0.5, 0.6) is 0 Å². The number of amides is 1. The van der Waals surface area contributed by atoms with Gasteiger partial charge in [0.05, 0.1) is 5.60 Å². The van der Waals surface area contributed by atoms with E-state index >= 15 is 0 Å². The summed E-state index contributed by atoms with van der Waals surface area (Å²) in [5.74, 6) is 1.13. The minimum absolute atomic E-state index is 0.200. The van der Waals surface area contributed by atoms with E-state index in [9.17, 15) is 9.90 Å². The van der Waals surface area contributed by atoms with Crippen molar-refractivity contribution in [3.63, 3.8) is 0 Å². The van der Waals surface area contributed by atoms with Gasteiger partial charge < -0.3 is 15.7 Å². The van der Waals surface area contributed by atoms with E-state index in [0.717, 1.165) is 51.6 Å². The van der Waals surface area contributed by atoms with E-state index in [1.54, 1.807) is 0 Å². The molecular formula is C15H28N2O2. The van der Waals surface area contributed by atoms with Gasteiger partial charge in [-0.25, -0.2) is 0 Å². The van der Waals surface area contributed by atoms with E-state index < -0.39 is 5.60 Å². The first-order valence-electron chi connectivity index (χ1n) is 7.73. The molecule has 3 N–H and O–H groups in total. The van der Waals surface area contributed by atoms with Crippen molar-refractivity contribution in [2.75, 3.05) is 19.6 Å². The van der Waals surface area contributed by atoms with E-state index in [2.05, 4.69) is 0 Å². The van der Waals surface area contributed by atoms with Crippen LogP contribution in [0.1, 0.15) is 51.9 Å². The molecule has 2 fully saturated rings. The lowest BCUT2D eigenvalue weighted by atomic mass is 9.81. The molecule has 1 amide bonds. The fourth-order valence-electron chi connectivity index (χ4n) is 3.39. The van der Waals surface area contributed by atoms with Gasteiger partial charge in [-0.2, -0.15) is 0 Å². The van der Waals surface area contributed by atoms with Crippen molar-refractivity contribution < 1.29 is 9.90 Å². The monoisotopic (exact) mass is 268 g/mol. The Morgan fingerprint density at radius 2 is 1.95 bits per heavy atom. The van der Waals surface area contributed by atoms with Crippen molar-refractivity contribution in [1.82, 2.24) is 4.90 Å². The summed E-state index contributed by atoms with van der Waals surface area (Å²) in [6.45, 7) is 4.16. The molecule has 110 valence electrons. The molecule has 1 heterocycles. The fourth-order valence-corrected chi connectivity index (χ4v) is 3.39. The van der Waals surface area contributed by atoms with Gasteiger partial charge in [-0.15, -0.1) is 0 Å². The van der Waals surface area contributed by atoms with Gasteiger partial charge in [0.15, 0.2) is 0 Å². The van der Waals surface area contributed by atoms with Crippen LogP contribution in [-0.2, 0) is 4.79 Å². The number of carbonyl (C=O) groups excluding carboxylic acids is 1. The molecule has 1 unspecified atom stereocenters. The molecule has 1 saturated heterocycles. The maximum atomic E-state index is 12.5. The first-order valence-corrected chi connectivity index (χ1v) is 7.73. The summed E-state index contributed by atoms with van der Waals surface area (Å²) in [7, 11) is 0. The molecule has 1 aliphatic heterocycles. The molecule has 1 aliphatic carbocycles. The summed E-state index contributed by atoms with van der Waals surface area (Å²) >= 11 is 0. The topological polar surface area (TPSA) is 66.6 Å². The van der Waals surface area contributed by atoms with Crippen LogP contribution in [0.3, 0.4) is 0 Å². The largest absolute Gasteiger partial charge is 0.390 e. The Hall–Kier alpha value is -0.610. The second kappa shape index (κ2) is 6.23. The van der Waals surface area contributed by atoms with Gasteiger partial charge in [0.2, 0.25) is 5.91 Å². The quantitative estimate of drug-likeness (QED) is 0.798. The number of hydrogen-bond donors (Lipinski definition) is 2. The van der Waals surface area contributed by atoms with Crippen LogP contribution in [0.15, 0.2) is 0 Å². The average molecular weight is 268 g/mol. The highest BCUT2D eigenvalue weighted by Crippen LogP contribution is 2.30. The fraction of sp³-hybridized carbons (Fsp3) is 0.933. The average Bonchev–Trinajstić information content (AvgIpc) is 2.59. The standard InChI is InChI=1S/C15H28N2O2/c1-15(19)7-2-9-17(10-8-15)14(18)13-5-3-12(11-16)4-6-13/h12-13,19H,2-11,16H2,1H3. The van der Waals surface area contributed by atoms with Gasteiger partial charge in [0.1, 0.15) is 0 Å². The Kier molecular flexibility index (Phi) is 4.85. The van der Waals surface area contributed by atoms with Crippen molar-refractivity contribution in [2.24, 2.45) is 17.6 Å². The third-order valence-electron chi connectivity index (χ3n) is 4.90. The van der Waals surface area contributed by atoms with Gasteiger partial charge in [-0.3, -0.25) is 4.79 Å². The highest BCUT2D eigenvalue weighted by molar-refractivity contribution is 5.79. The van der Waals surface area contributed by atoms with Crippen molar-refractivity contribution in [2.45, 2.75) is 57.5 Å². The Balaban J connectivity index is 1.86. The molecule has 1 saturated carbocycles. The summed E-state index contributed by atoms with van der Waals surface area (Å²) < 4.78 is 0. The van der Waals surface area contributed by atoms with Crippen LogP contribution >= 0.6 is 0 Å². The molecule has 0 radical (unpaired) electrons. The van der Waals surface area contributed by atoms with E-state index in [0.29, 0.717) is 24.8 Å². The van der Waals surface area contributed by atoms with Crippen LogP contribution in [0.4, 0.5) is 0 Å². The van der Waals surface area contributed by atoms with Crippen molar-refractivity contribution in [1.29, 1.82) is 0 Å². The second-order valence-corrected chi connectivity index (χ2v) is 6.63. The number of nitrogens with two attached hydrogens (primary N) is 1. The molecule has 0 aromatic heterocycles. The Morgan fingerprint density at radius 1 is 1.26 bits per heavy atom. The van der Waals surface area contributed by atoms with Crippen LogP contribution in [-0.4, -0.2) is 41.1 Å². The number of hydrogen-bond acceptors (Lipinski definition) is 3. The highest BCUT2D eigenvalue weighted by atomic mass is 16.3. The molecule has 0 aromatic carbocycles. The molecule has 0 bridgehead atoms. The lowest BCUT2D eigenvalue weighted by molar-refractivity contribution is -0.136. The second-order valence-electron chi connectivity index (χ2n) is 6.63. The third kappa shape index (κ3) is 3.93. The normalized spacial score (nSPS) is 36.9. The number of aliphatic hydroxyl groups is 1. The van der Waals surface area contributed by atoms with E-state index in [1.807, 2.05) is 11.8 Å². The number of nitrogens with zero attached hydrogens (tertiary/aromatic N) is 1.